The lowest BCUT2D eigenvalue weighted by molar-refractivity contribution is -0.141. The molecular formula is C18H36N8O5S. The molecule has 0 rings (SSSR count). The average Bonchev–Trinajstić information content (AvgIpc) is 2.73. The molecule has 0 aliphatic carbocycles. The number of nitrogens with zero attached hydrogens (tertiary/aromatic N) is 1. The lowest BCUT2D eigenvalue weighted by atomic mass is 10.1. The minimum atomic E-state index is -1.23. The Morgan fingerprint density at radius 2 is 1.47 bits per heavy atom. The van der Waals surface area contributed by atoms with Crippen molar-refractivity contribution in [3.63, 3.8) is 0 Å². The third kappa shape index (κ3) is 12.3. The van der Waals surface area contributed by atoms with E-state index in [2.05, 4.69) is 33.6 Å². The highest BCUT2D eigenvalue weighted by atomic mass is 32.1. The van der Waals surface area contributed by atoms with E-state index in [0.717, 1.165) is 0 Å². The van der Waals surface area contributed by atoms with Gasteiger partial charge in [-0.25, -0.2) is 0 Å². The Labute approximate surface area is 192 Å². The second-order valence-electron chi connectivity index (χ2n) is 7.21. The molecule has 0 saturated heterocycles. The zero-order valence-corrected chi connectivity index (χ0v) is 19.1. The standard InChI is InChI=1S/C18H36N8O5S/c1-10(17(30)31)24-15(28)13(6-4-8-23-18(21)22)26-16(29)12(5-2-3-7-19)25-14(27)11(20)9-32/h10-13,32H,2-9,19-20H2,1H3,(H,24,28)(H,25,27)(H,26,29)(H,30,31)(H4,21,22,23). The number of nitrogens with one attached hydrogen (secondary N) is 3. The summed E-state index contributed by atoms with van der Waals surface area (Å²) < 4.78 is 0. The number of hydrogen-bond acceptors (Lipinski definition) is 8. The maximum absolute atomic E-state index is 12.9. The summed E-state index contributed by atoms with van der Waals surface area (Å²) >= 11 is 3.98. The summed E-state index contributed by atoms with van der Waals surface area (Å²) in [5.41, 5.74) is 21.7. The molecule has 0 aliphatic rings. The lowest BCUT2D eigenvalue weighted by Crippen LogP contribution is -2.57. The van der Waals surface area contributed by atoms with Crippen LogP contribution in [-0.2, 0) is 19.2 Å². The van der Waals surface area contributed by atoms with E-state index in [4.69, 9.17) is 28.0 Å². The molecule has 4 unspecified atom stereocenters. The number of unbranched alkanes of at least 4 members (excludes halogenated alkanes) is 1. The third-order valence-electron chi connectivity index (χ3n) is 4.42. The number of guanidine groups is 1. The number of carbonyl (C=O) groups excluding carboxylic acids is 3. The fraction of sp³-hybridized carbons (Fsp3) is 0.722. The number of aliphatic imine (C=N–C) groups is 1. The van der Waals surface area contributed by atoms with Crippen molar-refractivity contribution < 1.29 is 24.3 Å². The summed E-state index contributed by atoms with van der Waals surface area (Å²) in [6.45, 7) is 1.93. The van der Waals surface area contributed by atoms with E-state index in [-0.39, 0.29) is 31.1 Å². The first kappa shape index (κ1) is 29.4. The molecule has 13 nitrogen and oxygen atoms in total. The van der Waals surface area contributed by atoms with Crippen molar-refractivity contribution in [1.82, 2.24) is 16.0 Å². The molecule has 0 aromatic carbocycles. The van der Waals surface area contributed by atoms with Gasteiger partial charge < -0.3 is 44.0 Å². The van der Waals surface area contributed by atoms with Crippen LogP contribution < -0.4 is 38.9 Å². The van der Waals surface area contributed by atoms with Crippen LogP contribution in [0, 0.1) is 0 Å². The molecule has 0 radical (unpaired) electrons. The van der Waals surface area contributed by atoms with Crippen LogP contribution in [0.4, 0.5) is 0 Å². The zero-order chi connectivity index (χ0) is 24.7. The molecule has 4 atom stereocenters. The molecule has 184 valence electrons. The number of carboxylic acid groups (broad SMARTS) is 1. The molecular weight excluding hydrogens is 440 g/mol. The SMILES string of the molecule is CC(NC(=O)C(CCCN=C(N)N)NC(=O)C(CCCCN)NC(=O)C(N)CS)C(=O)O. The molecule has 0 spiro atoms. The summed E-state index contributed by atoms with van der Waals surface area (Å²) in [5, 5.41) is 16.5. The maximum atomic E-state index is 12.9. The van der Waals surface area contributed by atoms with Gasteiger partial charge in [-0.2, -0.15) is 12.6 Å². The van der Waals surface area contributed by atoms with Crippen LogP contribution in [0.5, 0.6) is 0 Å². The molecule has 0 heterocycles. The molecule has 0 bridgehead atoms. The van der Waals surface area contributed by atoms with Crippen LogP contribution in [0.15, 0.2) is 4.99 Å². The van der Waals surface area contributed by atoms with Gasteiger partial charge in [0.25, 0.3) is 0 Å². The Morgan fingerprint density at radius 1 is 0.938 bits per heavy atom. The largest absolute Gasteiger partial charge is 0.480 e. The fourth-order valence-corrected chi connectivity index (χ4v) is 2.71. The summed E-state index contributed by atoms with van der Waals surface area (Å²) in [6.07, 6.45) is 1.95. The van der Waals surface area contributed by atoms with Crippen molar-refractivity contribution in [2.75, 3.05) is 18.8 Å². The average molecular weight is 477 g/mol. The van der Waals surface area contributed by atoms with Gasteiger partial charge in [0.15, 0.2) is 5.96 Å². The Balaban J connectivity index is 5.37. The Hall–Kier alpha value is -2.58. The predicted octanol–water partition coefficient (Wildman–Crippen LogP) is -3.01. The minimum Gasteiger partial charge on any atom is -0.480 e. The van der Waals surface area contributed by atoms with Gasteiger partial charge in [-0.3, -0.25) is 24.2 Å². The fourth-order valence-electron chi connectivity index (χ4n) is 2.54. The van der Waals surface area contributed by atoms with E-state index in [0.29, 0.717) is 25.8 Å². The van der Waals surface area contributed by atoms with Gasteiger partial charge in [-0.15, -0.1) is 0 Å². The van der Waals surface area contributed by atoms with Gasteiger partial charge >= 0.3 is 5.97 Å². The molecule has 0 aromatic heterocycles. The van der Waals surface area contributed by atoms with Gasteiger partial charge in [0.2, 0.25) is 17.7 Å². The van der Waals surface area contributed by atoms with Gasteiger partial charge in [-0.1, -0.05) is 0 Å². The summed E-state index contributed by atoms with van der Waals surface area (Å²) in [4.78, 5) is 52.5. The molecule has 0 aromatic rings. The van der Waals surface area contributed by atoms with Crippen LogP contribution in [0.1, 0.15) is 39.0 Å². The van der Waals surface area contributed by atoms with E-state index in [1.807, 2.05) is 0 Å². The van der Waals surface area contributed by atoms with Crippen LogP contribution in [-0.4, -0.2) is 77.8 Å². The number of carboxylic acids is 1. The molecule has 12 N–H and O–H groups in total. The van der Waals surface area contributed by atoms with Crippen molar-refractivity contribution in [1.29, 1.82) is 0 Å². The predicted molar refractivity (Wildman–Crippen MR) is 124 cm³/mol. The molecule has 0 saturated carbocycles. The summed E-state index contributed by atoms with van der Waals surface area (Å²) in [7, 11) is 0. The maximum Gasteiger partial charge on any atom is 0.325 e. The first-order valence-electron chi connectivity index (χ1n) is 10.3. The van der Waals surface area contributed by atoms with Crippen LogP contribution >= 0.6 is 12.6 Å². The number of rotatable bonds is 16. The van der Waals surface area contributed by atoms with E-state index in [1.165, 1.54) is 6.92 Å². The van der Waals surface area contributed by atoms with Crippen LogP contribution in [0.2, 0.25) is 0 Å². The van der Waals surface area contributed by atoms with Crippen LogP contribution in [0.3, 0.4) is 0 Å². The van der Waals surface area contributed by atoms with E-state index < -0.39 is 47.9 Å². The molecule has 32 heavy (non-hydrogen) atoms. The summed E-state index contributed by atoms with van der Waals surface area (Å²) in [5.74, 6) is -3.09. The Kier molecular flexibility index (Phi) is 14.8. The van der Waals surface area contributed by atoms with Gasteiger partial charge in [0, 0.05) is 12.3 Å². The lowest BCUT2D eigenvalue weighted by Gasteiger charge is -2.24. The highest BCUT2D eigenvalue weighted by molar-refractivity contribution is 7.80. The number of aliphatic carboxylic acids is 1. The van der Waals surface area contributed by atoms with Crippen molar-refractivity contribution in [3.8, 4) is 0 Å². The van der Waals surface area contributed by atoms with Gasteiger partial charge in [0.05, 0.1) is 6.04 Å². The third-order valence-corrected chi connectivity index (χ3v) is 4.81. The highest BCUT2D eigenvalue weighted by Gasteiger charge is 2.28. The van der Waals surface area contributed by atoms with E-state index in [9.17, 15) is 19.2 Å². The second-order valence-corrected chi connectivity index (χ2v) is 7.58. The van der Waals surface area contributed by atoms with Crippen molar-refractivity contribution >= 4 is 42.3 Å². The van der Waals surface area contributed by atoms with Gasteiger partial charge in [0.1, 0.15) is 18.1 Å². The Morgan fingerprint density at radius 3 is 1.97 bits per heavy atom. The molecule has 0 fully saturated rings. The topological polar surface area (TPSA) is 241 Å². The highest BCUT2D eigenvalue weighted by Crippen LogP contribution is 2.05. The molecule has 3 amide bonds. The van der Waals surface area contributed by atoms with Crippen molar-refractivity contribution in [3.05, 3.63) is 0 Å². The first-order chi connectivity index (χ1) is 15.0. The smallest absolute Gasteiger partial charge is 0.325 e. The normalized spacial score (nSPS) is 14.4. The summed E-state index contributed by atoms with van der Waals surface area (Å²) in [6, 6.07) is -4.08. The minimum absolute atomic E-state index is 0.0892. The van der Waals surface area contributed by atoms with E-state index in [1.54, 1.807) is 0 Å². The van der Waals surface area contributed by atoms with Gasteiger partial charge in [-0.05, 0) is 45.6 Å². The number of amides is 3. The number of nitrogens with two attached hydrogens (primary N) is 4. The zero-order valence-electron chi connectivity index (χ0n) is 18.3. The number of hydrogen-bond donors (Lipinski definition) is 9. The van der Waals surface area contributed by atoms with Crippen molar-refractivity contribution in [2.45, 2.75) is 63.2 Å². The Bertz CT molecular complexity index is 659. The monoisotopic (exact) mass is 476 g/mol. The molecule has 14 heteroatoms. The quantitative estimate of drug-likeness (QED) is 0.0476. The first-order valence-corrected chi connectivity index (χ1v) is 10.9. The number of carbonyl (C=O) groups is 4. The van der Waals surface area contributed by atoms with E-state index >= 15 is 0 Å². The number of thiol groups is 1. The molecule has 0 aliphatic heterocycles. The van der Waals surface area contributed by atoms with Crippen LogP contribution in [0.25, 0.3) is 0 Å². The second kappa shape index (κ2) is 16.1. The van der Waals surface area contributed by atoms with Crippen molar-refractivity contribution in [2.24, 2.45) is 27.9 Å².